The lowest BCUT2D eigenvalue weighted by molar-refractivity contribution is -0.137. The molecule has 1 aliphatic rings. The number of nitrogens with one attached hydrogen (secondary N) is 2. The van der Waals surface area contributed by atoms with E-state index in [0.29, 0.717) is 42.3 Å². The van der Waals surface area contributed by atoms with Crippen LogP contribution in [-0.2, 0) is 9.59 Å². The molecule has 0 bridgehead atoms. The first-order valence-electron chi connectivity index (χ1n) is 12.0. The number of aromatic nitrogens is 1. The molecule has 8 nitrogen and oxygen atoms in total. The Bertz CT molecular complexity index is 1280. The smallest absolute Gasteiger partial charge is 0.247 e. The topological polar surface area (TPSA) is 107 Å². The Morgan fingerprint density at radius 1 is 1.16 bits per heavy atom. The van der Waals surface area contributed by atoms with Crippen molar-refractivity contribution in [3.8, 4) is 11.8 Å². The second-order valence-corrected chi connectivity index (χ2v) is 9.06. The van der Waals surface area contributed by atoms with Gasteiger partial charge < -0.3 is 20.3 Å². The number of halogens is 1. The molecule has 1 saturated heterocycles. The van der Waals surface area contributed by atoms with Crippen LogP contribution in [0.1, 0.15) is 42.5 Å². The van der Waals surface area contributed by atoms with Gasteiger partial charge in [0.05, 0.1) is 30.9 Å². The van der Waals surface area contributed by atoms with Crippen molar-refractivity contribution in [3.63, 3.8) is 0 Å². The highest BCUT2D eigenvalue weighted by Gasteiger charge is 2.30. The van der Waals surface area contributed by atoms with E-state index >= 15 is 0 Å². The van der Waals surface area contributed by atoms with Crippen LogP contribution in [0.25, 0.3) is 0 Å². The molecule has 190 valence electrons. The highest BCUT2D eigenvalue weighted by molar-refractivity contribution is 5.94. The van der Waals surface area contributed by atoms with Crippen LogP contribution in [0, 0.1) is 17.1 Å². The molecule has 0 radical (unpaired) electrons. The summed E-state index contributed by atoms with van der Waals surface area (Å²) in [4.78, 5) is 30.5. The summed E-state index contributed by atoms with van der Waals surface area (Å²) < 4.78 is 19.8. The molecule has 1 fully saturated rings. The number of nitrogens with zero attached hydrogens (tertiary/aromatic N) is 3. The fourth-order valence-electron chi connectivity index (χ4n) is 4.03. The molecule has 0 spiro atoms. The number of rotatable bonds is 9. The van der Waals surface area contributed by atoms with Gasteiger partial charge in [-0.3, -0.25) is 9.59 Å². The predicted molar refractivity (Wildman–Crippen MR) is 136 cm³/mol. The van der Waals surface area contributed by atoms with Crippen molar-refractivity contribution in [1.29, 1.82) is 5.26 Å². The van der Waals surface area contributed by atoms with Gasteiger partial charge in [0.25, 0.3) is 0 Å². The van der Waals surface area contributed by atoms with Crippen molar-refractivity contribution >= 4 is 17.6 Å². The Balaban J connectivity index is 1.40. The molecular weight excluding hydrogens is 473 g/mol. The molecule has 0 unspecified atom stereocenters. The fraction of sp³-hybridized carbons (Fsp3) is 0.286. The minimum absolute atomic E-state index is 0.0174. The largest absolute Gasteiger partial charge is 0.485 e. The van der Waals surface area contributed by atoms with Crippen LogP contribution in [0.5, 0.6) is 5.75 Å². The lowest BCUT2D eigenvalue weighted by Gasteiger charge is -2.38. The Kier molecular flexibility index (Phi) is 8.11. The summed E-state index contributed by atoms with van der Waals surface area (Å²) in [6.45, 7) is 5.05. The number of amides is 2. The molecule has 1 aromatic heterocycles. The SMILES string of the molecule is CC(=O)N1CC(Oc2ccc(NC(=O)[C@@H](NC[C@@H](C)c3ccc(C#N)cc3)c3cccc(F)c3)nc2)C1. The number of hydrogen-bond donors (Lipinski definition) is 2. The number of benzene rings is 2. The number of carbonyl (C=O) groups excluding carboxylic acids is 2. The number of carbonyl (C=O) groups is 2. The molecule has 1 aliphatic heterocycles. The van der Waals surface area contributed by atoms with Crippen LogP contribution in [0.4, 0.5) is 10.2 Å². The van der Waals surface area contributed by atoms with E-state index in [4.69, 9.17) is 10.00 Å². The lowest BCUT2D eigenvalue weighted by atomic mass is 9.98. The second kappa shape index (κ2) is 11.6. The normalized spacial score (nSPS) is 14.7. The van der Waals surface area contributed by atoms with Gasteiger partial charge in [-0.15, -0.1) is 0 Å². The zero-order valence-corrected chi connectivity index (χ0v) is 20.6. The number of hydrogen-bond acceptors (Lipinski definition) is 6. The first kappa shape index (κ1) is 25.8. The maximum absolute atomic E-state index is 14.0. The number of ether oxygens (including phenoxy) is 1. The van der Waals surface area contributed by atoms with Gasteiger partial charge in [-0.2, -0.15) is 5.26 Å². The number of nitriles is 1. The summed E-state index contributed by atoms with van der Waals surface area (Å²) in [5.41, 5.74) is 2.08. The van der Waals surface area contributed by atoms with E-state index in [9.17, 15) is 14.0 Å². The minimum atomic E-state index is -0.818. The maximum Gasteiger partial charge on any atom is 0.247 e. The zero-order chi connectivity index (χ0) is 26.4. The molecule has 2 aromatic carbocycles. The zero-order valence-electron chi connectivity index (χ0n) is 20.6. The molecule has 37 heavy (non-hydrogen) atoms. The van der Waals surface area contributed by atoms with Gasteiger partial charge in [-0.1, -0.05) is 31.2 Å². The Hall–Kier alpha value is -4.29. The van der Waals surface area contributed by atoms with Gasteiger partial charge in [0, 0.05) is 13.5 Å². The first-order chi connectivity index (χ1) is 17.8. The predicted octanol–water partition coefficient (Wildman–Crippen LogP) is 3.77. The van der Waals surface area contributed by atoms with Crippen molar-refractivity contribution < 1.29 is 18.7 Å². The summed E-state index contributed by atoms with van der Waals surface area (Å²) in [6.07, 6.45) is 1.44. The van der Waals surface area contributed by atoms with Crippen molar-refractivity contribution in [2.24, 2.45) is 0 Å². The van der Waals surface area contributed by atoms with E-state index in [-0.39, 0.29) is 23.8 Å². The minimum Gasteiger partial charge on any atom is -0.485 e. The van der Waals surface area contributed by atoms with Crippen molar-refractivity contribution in [3.05, 3.63) is 89.4 Å². The highest BCUT2D eigenvalue weighted by atomic mass is 19.1. The third kappa shape index (κ3) is 6.68. The van der Waals surface area contributed by atoms with Crippen LogP contribution in [0.2, 0.25) is 0 Å². The van der Waals surface area contributed by atoms with Gasteiger partial charge in [-0.25, -0.2) is 9.37 Å². The van der Waals surface area contributed by atoms with E-state index < -0.39 is 11.9 Å². The second-order valence-electron chi connectivity index (χ2n) is 9.06. The van der Waals surface area contributed by atoms with Gasteiger partial charge in [-0.05, 0) is 53.4 Å². The fourth-order valence-corrected chi connectivity index (χ4v) is 4.03. The maximum atomic E-state index is 14.0. The van der Waals surface area contributed by atoms with Crippen molar-refractivity contribution in [2.75, 3.05) is 25.0 Å². The molecule has 0 aliphatic carbocycles. The molecule has 9 heteroatoms. The average molecular weight is 502 g/mol. The number of anilines is 1. The third-order valence-electron chi connectivity index (χ3n) is 6.26. The molecule has 4 rings (SSSR count). The van der Waals surface area contributed by atoms with Crippen LogP contribution in [-0.4, -0.2) is 47.4 Å². The summed E-state index contributed by atoms with van der Waals surface area (Å²) in [7, 11) is 0. The lowest BCUT2D eigenvalue weighted by Crippen LogP contribution is -2.55. The average Bonchev–Trinajstić information content (AvgIpc) is 2.86. The molecule has 2 amide bonds. The van der Waals surface area contributed by atoms with E-state index in [0.717, 1.165) is 5.56 Å². The summed E-state index contributed by atoms with van der Waals surface area (Å²) >= 11 is 0. The monoisotopic (exact) mass is 501 g/mol. The molecule has 2 atom stereocenters. The first-order valence-corrected chi connectivity index (χ1v) is 12.0. The number of likely N-dealkylation sites (tertiary alicyclic amines) is 1. The summed E-state index contributed by atoms with van der Waals surface area (Å²) in [6, 6.07) is 17.8. The van der Waals surface area contributed by atoms with Crippen molar-refractivity contribution in [1.82, 2.24) is 15.2 Å². The molecular formula is C28H28FN5O3. The van der Waals surface area contributed by atoms with E-state index in [1.807, 2.05) is 19.1 Å². The molecule has 2 heterocycles. The third-order valence-corrected chi connectivity index (χ3v) is 6.26. The number of pyridine rings is 1. The van der Waals surface area contributed by atoms with E-state index in [1.165, 1.54) is 25.3 Å². The molecule has 3 aromatic rings. The quantitative estimate of drug-likeness (QED) is 0.462. The molecule has 0 saturated carbocycles. The Morgan fingerprint density at radius 2 is 1.92 bits per heavy atom. The standard InChI is InChI=1S/C28H28FN5O3/c1-18(21-8-6-20(13-30)7-9-21)14-32-27(22-4-3-5-23(29)12-22)28(36)33-26-11-10-24(15-31-26)37-25-16-34(17-25)19(2)35/h3-12,15,18,25,27,32H,14,16-17H2,1-2H3,(H,31,33,36)/t18-,27+/m1/s1. The van der Waals surface area contributed by atoms with E-state index in [2.05, 4.69) is 21.7 Å². The van der Waals surface area contributed by atoms with Gasteiger partial charge >= 0.3 is 0 Å². The summed E-state index contributed by atoms with van der Waals surface area (Å²) in [5, 5.41) is 15.0. The van der Waals surface area contributed by atoms with Gasteiger partial charge in [0.15, 0.2) is 0 Å². The van der Waals surface area contributed by atoms with Crippen LogP contribution in [0.3, 0.4) is 0 Å². The molecule has 2 N–H and O–H groups in total. The van der Waals surface area contributed by atoms with Gasteiger partial charge in [0.1, 0.15) is 29.5 Å². The Morgan fingerprint density at radius 3 is 2.54 bits per heavy atom. The van der Waals surface area contributed by atoms with Crippen molar-refractivity contribution in [2.45, 2.75) is 31.9 Å². The van der Waals surface area contributed by atoms with Gasteiger partial charge in [0.2, 0.25) is 11.8 Å². The van der Waals surface area contributed by atoms with Crippen LogP contribution >= 0.6 is 0 Å². The van der Waals surface area contributed by atoms with Crippen LogP contribution < -0.4 is 15.4 Å². The van der Waals surface area contributed by atoms with E-state index in [1.54, 1.807) is 41.3 Å². The highest BCUT2D eigenvalue weighted by Crippen LogP contribution is 2.22. The Labute approximate surface area is 215 Å². The van der Waals surface area contributed by atoms with Crippen LogP contribution in [0.15, 0.2) is 66.9 Å². The summed E-state index contributed by atoms with van der Waals surface area (Å²) in [5.74, 6) is 0.119.